The number of likely N-dealkylation sites (N-methyl/N-ethyl adjacent to an activating group) is 1. The Morgan fingerprint density at radius 3 is 3.00 bits per heavy atom. The highest BCUT2D eigenvalue weighted by molar-refractivity contribution is 5.86. The first-order valence-electron chi connectivity index (χ1n) is 6.81. The number of carbonyl (C=O) groups excluding carboxylic acids is 1. The second kappa shape index (κ2) is 5.89. The molecule has 0 radical (unpaired) electrons. The van der Waals surface area contributed by atoms with Gasteiger partial charge in [0.05, 0.1) is 5.92 Å². The predicted molar refractivity (Wildman–Crippen MR) is 74.8 cm³/mol. The summed E-state index contributed by atoms with van der Waals surface area (Å²) in [5, 5.41) is 3.36. The Hall–Kier alpha value is -1.51. The number of rotatable bonds is 4. The van der Waals surface area contributed by atoms with E-state index in [1.54, 1.807) is 0 Å². The van der Waals surface area contributed by atoms with Gasteiger partial charge in [0.25, 0.3) is 0 Å². The van der Waals surface area contributed by atoms with Crippen LogP contribution < -0.4 is 5.32 Å². The van der Waals surface area contributed by atoms with Gasteiger partial charge in [-0.2, -0.15) is 0 Å². The van der Waals surface area contributed by atoms with Crippen molar-refractivity contribution in [3.05, 3.63) is 29.8 Å². The lowest BCUT2D eigenvalue weighted by Gasteiger charge is -2.29. The van der Waals surface area contributed by atoms with E-state index in [4.69, 9.17) is 0 Å². The minimum Gasteiger partial charge on any atom is -0.385 e. The maximum Gasteiger partial charge on any atom is 0.230 e. The van der Waals surface area contributed by atoms with Crippen LogP contribution in [0.2, 0.25) is 0 Å². The molecular formula is C15H22N2O. The van der Waals surface area contributed by atoms with Gasteiger partial charge in [-0.3, -0.25) is 4.79 Å². The van der Waals surface area contributed by atoms with Gasteiger partial charge in [-0.25, -0.2) is 0 Å². The smallest absolute Gasteiger partial charge is 0.230 e. The SMILES string of the molecule is CCCCN(C)C(=O)C1CCNc2ccccc21. The van der Waals surface area contributed by atoms with Gasteiger partial charge >= 0.3 is 0 Å². The van der Waals surface area contributed by atoms with E-state index in [2.05, 4.69) is 24.4 Å². The largest absolute Gasteiger partial charge is 0.385 e. The minimum absolute atomic E-state index is 0.0318. The number of hydrogen-bond acceptors (Lipinski definition) is 2. The van der Waals surface area contributed by atoms with Crippen molar-refractivity contribution in [2.24, 2.45) is 0 Å². The van der Waals surface area contributed by atoms with Crippen LogP contribution in [0.4, 0.5) is 5.69 Å². The summed E-state index contributed by atoms with van der Waals surface area (Å²) in [5.74, 6) is 0.293. The molecule has 3 heteroatoms. The predicted octanol–water partition coefficient (Wildman–Crippen LogP) is 2.84. The number of nitrogens with one attached hydrogen (secondary N) is 1. The van der Waals surface area contributed by atoms with Crippen LogP contribution in [0.5, 0.6) is 0 Å². The highest BCUT2D eigenvalue weighted by atomic mass is 16.2. The molecule has 1 aliphatic rings. The zero-order chi connectivity index (χ0) is 13.0. The summed E-state index contributed by atoms with van der Waals surface area (Å²) >= 11 is 0. The Kier molecular flexibility index (Phi) is 4.24. The zero-order valence-corrected chi connectivity index (χ0v) is 11.3. The van der Waals surface area contributed by atoms with E-state index in [0.29, 0.717) is 0 Å². The highest BCUT2D eigenvalue weighted by Gasteiger charge is 2.27. The van der Waals surface area contributed by atoms with E-state index < -0.39 is 0 Å². The fourth-order valence-electron chi connectivity index (χ4n) is 2.50. The molecule has 1 atom stereocenters. The van der Waals surface area contributed by atoms with Gasteiger partial charge < -0.3 is 10.2 Å². The summed E-state index contributed by atoms with van der Waals surface area (Å²) in [6.45, 7) is 3.90. The molecule has 0 bridgehead atoms. The van der Waals surface area contributed by atoms with Crippen molar-refractivity contribution < 1.29 is 4.79 Å². The number of anilines is 1. The van der Waals surface area contributed by atoms with E-state index >= 15 is 0 Å². The number of para-hydroxylation sites is 1. The van der Waals surface area contributed by atoms with Crippen LogP contribution in [0.3, 0.4) is 0 Å². The third kappa shape index (κ3) is 2.66. The van der Waals surface area contributed by atoms with Crippen LogP contribution in [-0.2, 0) is 4.79 Å². The number of benzene rings is 1. The number of amides is 1. The molecule has 1 heterocycles. The molecule has 1 aromatic carbocycles. The maximum absolute atomic E-state index is 12.5. The van der Waals surface area contributed by atoms with Crippen molar-refractivity contribution >= 4 is 11.6 Å². The molecule has 0 spiro atoms. The van der Waals surface area contributed by atoms with Crippen LogP contribution in [0, 0.1) is 0 Å². The van der Waals surface area contributed by atoms with E-state index in [9.17, 15) is 4.79 Å². The van der Waals surface area contributed by atoms with Crippen molar-refractivity contribution in [2.45, 2.75) is 32.1 Å². The van der Waals surface area contributed by atoms with E-state index in [1.807, 2.05) is 24.1 Å². The molecule has 1 unspecified atom stereocenters. The van der Waals surface area contributed by atoms with E-state index in [-0.39, 0.29) is 11.8 Å². The molecule has 2 rings (SSSR count). The number of fused-ring (bicyclic) bond motifs is 1. The fraction of sp³-hybridized carbons (Fsp3) is 0.533. The molecule has 0 fully saturated rings. The van der Waals surface area contributed by atoms with Gasteiger partial charge in [-0.1, -0.05) is 31.5 Å². The Morgan fingerprint density at radius 2 is 2.22 bits per heavy atom. The van der Waals surface area contributed by atoms with Crippen LogP contribution in [0.15, 0.2) is 24.3 Å². The molecular weight excluding hydrogens is 224 g/mol. The zero-order valence-electron chi connectivity index (χ0n) is 11.3. The second-order valence-corrected chi connectivity index (χ2v) is 4.97. The lowest BCUT2D eigenvalue weighted by atomic mass is 9.90. The lowest BCUT2D eigenvalue weighted by molar-refractivity contribution is -0.131. The molecule has 1 N–H and O–H groups in total. The Labute approximate surface area is 109 Å². The third-order valence-corrected chi connectivity index (χ3v) is 3.61. The Bertz CT molecular complexity index is 417. The summed E-state index contributed by atoms with van der Waals surface area (Å²) in [6.07, 6.45) is 3.10. The van der Waals surface area contributed by atoms with Gasteiger partial charge in [0.15, 0.2) is 0 Å². The number of nitrogens with zero attached hydrogens (tertiary/aromatic N) is 1. The summed E-state index contributed by atoms with van der Waals surface area (Å²) in [5.41, 5.74) is 2.27. The van der Waals surface area contributed by atoms with E-state index in [0.717, 1.165) is 43.6 Å². The first-order chi connectivity index (χ1) is 8.74. The lowest BCUT2D eigenvalue weighted by Crippen LogP contribution is -2.35. The Morgan fingerprint density at radius 1 is 1.44 bits per heavy atom. The van der Waals surface area contributed by atoms with Crippen molar-refractivity contribution in [3.8, 4) is 0 Å². The second-order valence-electron chi connectivity index (χ2n) is 4.97. The number of unbranched alkanes of at least 4 members (excludes halogenated alkanes) is 1. The summed E-state index contributed by atoms with van der Waals surface area (Å²) in [6, 6.07) is 8.15. The van der Waals surface area contributed by atoms with Crippen molar-refractivity contribution in [1.82, 2.24) is 4.90 Å². The van der Waals surface area contributed by atoms with Crippen LogP contribution in [-0.4, -0.2) is 30.9 Å². The summed E-state index contributed by atoms with van der Waals surface area (Å²) in [4.78, 5) is 14.4. The monoisotopic (exact) mass is 246 g/mol. The third-order valence-electron chi connectivity index (χ3n) is 3.61. The molecule has 1 aromatic rings. The van der Waals surface area contributed by atoms with Gasteiger partial charge in [-0.05, 0) is 24.5 Å². The van der Waals surface area contributed by atoms with Crippen molar-refractivity contribution in [2.75, 3.05) is 25.5 Å². The van der Waals surface area contributed by atoms with Crippen LogP contribution in [0.25, 0.3) is 0 Å². The first-order valence-corrected chi connectivity index (χ1v) is 6.81. The van der Waals surface area contributed by atoms with Gasteiger partial charge in [0, 0.05) is 25.8 Å². The molecule has 0 aromatic heterocycles. The van der Waals surface area contributed by atoms with Gasteiger partial charge in [-0.15, -0.1) is 0 Å². The maximum atomic E-state index is 12.5. The standard InChI is InChI=1S/C15H22N2O/c1-3-4-11-17(2)15(18)13-9-10-16-14-8-6-5-7-12(13)14/h5-8,13,16H,3-4,9-11H2,1-2H3. The van der Waals surface area contributed by atoms with E-state index in [1.165, 1.54) is 0 Å². The van der Waals surface area contributed by atoms with Crippen LogP contribution >= 0.6 is 0 Å². The van der Waals surface area contributed by atoms with Crippen LogP contribution in [0.1, 0.15) is 37.7 Å². The average Bonchev–Trinajstić information content (AvgIpc) is 2.43. The minimum atomic E-state index is 0.0318. The first kappa shape index (κ1) is 12.9. The molecule has 98 valence electrons. The Balaban J connectivity index is 2.12. The molecule has 0 aliphatic carbocycles. The van der Waals surface area contributed by atoms with Gasteiger partial charge in [0.2, 0.25) is 5.91 Å². The molecule has 0 saturated heterocycles. The summed E-state index contributed by atoms with van der Waals surface area (Å²) < 4.78 is 0. The average molecular weight is 246 g/mol. The molecule has 18 heavy (non-hydrogen) atoms. The summed E-state index contributed by atoms with van der Waals surface area (Å²) in [7, 11) is 1.92. The molecule has 3 nitrogen and oxygen atoms in total. The van der Waals surface area contributed by atoms with Crippen molar-refractivity contribution in [3.63, 3.8) is 0 Å². The normalized spacial score (nSPS) is 17.8. The number of hydrogen-bond donors (Lipinski definition) is 1. The molecule has 0 saturated carbocycles. The van der Waals surface area contributed by atoms with Crippen molar-refractivity contribution in [1.29, 1.82) is 0 Å². The molecule has 1 amide bonds. The molecule has 1 aliphatic heterocycles. The quantitative estimate of drug-likeness (QED) is 0.886. The highest BCUT2D eigenvalue weighted by Crippen LogP contribution is 2.32. The number of carbonyl (C=O) groups is 1. The topological polar surface area (TPSA) is 32.3 Å². The fourth-order valence-corrected chi connectivity index (χ4v) is 2.50. The van der Waals surface area contributed by atoms with Gasteiger partial charge in [0.1, 0.15) is 0 Å².